The van der Waals surface area contributed by atoms with Crippen molar-refractivity contribution in [3.05, 3.63) is 34.3 Å². The number of benzene rings is 1. The van der Waals surface area contributed by atoms with E-state index < -0.39 is 4.70 Å². The summed E-state index contributed by atoms with van der Waals surface area (Å²) in [4.78, 5) is 0. The normalized spacial score (nSPS) is 11.7. The quantitative estimate of drug-likeness (QED) is 0.630. The molecule has 1 aromatic carbocycles. The lowest BCUT2D eigenvalue weighted by Gasteiger charge is -2.25. The van der Waals surface area contributed by atoms with Gasteiger partial charge in [0.2, 0.25) is 0 Å². The summed E-state index contributed by atoms with van der Waals surface area (Å²) in [6.45, 7) is 0. The minimum absolute atomic E-state index is 0.868. The summed E-state index contributed by atoms with van der Waals surface area (Å²) in [5.41, 5.74) is 0.903. The van der Waals surface area contributed by atoms with Gasteiger partial charge in [-0.15, -0.1) is 0 Å². The minimum Gasteiger partial charge on any atom is -0.341 e. The highest BCUT2D eigenvalue weighted by Crippen LogP contribution is 2.36. The van der Waals surface area contributed by atoms with Crippen LogP contribution in [0.3, 0.4) is 0 Å². The van der Waals surface area contributed by atoms with E-state index in [4.69, 9.17) is 9.47 Å². The summed E-state index contributed by atoms with van der Waals surface area (Å²) in [6, 6.07) is 7.72. The zero-order chi connectivity index (χ0) is 9.90. The number of hydrogen-bond donors (Lipinski definition) is 0. The average Bonchev–Trinajstić information content (AvgIpc) is 2.17. The largest absolute Gasteiger partial charge is 0.341 e. The van der Waals surface area contributed by atoms with Gasteiger partial charge in [-0.3, -0.25) is 0 Å². The molecule has 0 amide bonds. The molecule has 0 aromatic heterocycles. The van der Waals surface area contributed by atoms with E-state index in [1.54, 1.807) is 14.2 Å². The molecule has 0 bridgehead atoms. The molecule has 1 aromatic rings. The van der Waals surface area contributed by atoms with Crippen molar-refractivity contribution in [1.82, 2.24) is 0 Å². The van der Waals surface area contributed by atoms with Crippen LogP contribution >= 0.6 is 31.9 Å². The number of alkyl halides is 1. The fraction of sp³-hybridized carbons (Fsp3) is 0.333. The van der Waals surface area contributed by atoms with Crippen LogP contribution in [0.4, 0.5) is 0 Å². The lowest BCUT2D eigenvalue weighted by atomic mass is 10.2. The van der Waals surface area contributed by atoms with Crippen LogP contribution in [-0.2, 0) is 14.2 Å². The Bertz CT molecular complexity index is 285. The number of methoxy groups -OCH3 is 2. The lowest BCUT2D eigenvalue weighted by molar-refractivity contribution is -0.134. The highest BCUT2D eigenvalue weighted by molar-refractivity contribution is 9.11. The molecule has 13 heavy (non-hydrogen) atoms. The van der Waals surface area contributed by atoms with Gasteiger partial charge in [0.05, 0.1) is 0 Å². The molecule has 0 unspecified atom stereocenters. The first kappa shape index (κ1) is 11.2. The van der Waals surface area contributed by atoms with E-state index in [1.807, 2.05) is 24.3 Å². The van der Waals surface area contributed by atoms with Gasteiger partial charge in [-0.2, -0.15) is 0 Å². The van der Waals surface area contributed by atoms with Crippen molar-refractivity contribution in [2.24, 2.45) is 0 Å². The summed E-state index contributed by atoms with van der Waals surface area (Å²) >= 11 is 6.79. The van der Waals surface area contributed by atoms with E-state index in [1.165, 1.54) is 0 Å². The Hall–Kier alpha value is 0.100. The van der Waals surface area contributed by atoms with E-state index in [2.05, 4.69) is 31.9 Å². The van der Waals surface area contributed by atoms with Crippen LogP contribution in [0.15, 0.2) is 28.7 Å². The molecule has 0 aliphatic rings. The maximum Gasteiger partial charge on any atom is 0.254 e. The number of ether oxygens (including phenoxy) is 2. The van der Waals surface area contributed by atoms with Crippen LogP contribution in [0.1, 0.15) is 5.56 Å². The van der Waals surface area contributed by atoms with Gasteiger partial charge in [-0.1, -0.05) is 34.1 Å². The van der Waals surface area contributed by atoms with Crippen LogP contribution in [-0.4, -0.2) is 14.2 Å². The van der Waals surface area contributed by atoms with Gasteiger partial charge in [0, 0.05) is 24.3 Å². The van der Waals surface area contributed by atoms with Crippen LogP contribution in [0.25, 0.3) is 0 Å². The van der Waals surface area contributed by atoms with E-state index in [-0.39, 0.29) is 0 Å². The fourth-order valence-electron chi connectivity index (χ4n) is 1.01. The molecule has 0 fully saturated rings. The molecule has 0 saturated carbocycles. The molecule has 2 nitrogen and oxygen atoms in total. The third-order valence-electron chi connectivity index (χ3n) is 1.72. The summed E-state index contributed by atoms with van der Waals surface area (Å²) < 4.78 is 10.5. The summed E-state index contributed by atoms with van der Waals surface area (Å²) in [5.74, 6) is 0. The Morgan fingerprint density at radius 1 is 1.15 bits per heavy atom. The van der Waals surface area contributed by atoms with Crippen LogP contribution < -0.4 is 0 Å². The molecule has 0 atom stereocenters. The van der Waals surface area contributed by atoms with Crippen LogP contribution in [0.5, 0.6) is 0 Å². The van der Waals surface area contributed by atoms with Crippen molar-refractivity contribution in [3.63, 3.8) is 0 Å². The third kappa shape index (κ3) is 2.31. The topological polar surface area (TPSA) is 18.5 Å². The molecule has 0 heterocycles. The van der Waals surface area contributed by atoms with Gasteiger partial charge in [0.1, 0.15) is 0 Å². The second-order valence-electron chi connectivity index (χ2n) is 2.42. The van der Waals surface area contributed by atoms with Crippen molar-refractivity contribution in [1.29, 1.82) is 0 Å². The van der Waals surface area contributed by atoms with Gasteiger partial charge >= 0.3 is 0 Å². The molecular weight excluding hydrogens is 300 g/mol. The Labute approximate surface area is 94.5 Å². The predicted molar refractivity (Wildman–Crippen MR) is 58.8 cm³/mol. The minimum atomic E-state index is -0.868. The first-order chi connectivity index (χ1) is 6.14. The van der Waals surface area contributed by atoms with E-state index in [0.29, 0.717) is 0 Å². The maximum atomic E-state index is 5.22. The van der Waals surface area contributed by atoms with Crippen LogP contribution in [0, 0.1) is 0 Å². The van der Waals surface area contributed by atoms with Crippen molar-refractivity contribution in [2.45, 2.75) is 4.70 Å². The first-order valence-corrected chi connectivity index (χ1v) is 5.27. The average molecular weight is 310 g/mol. The standard InChI is InChI=1S/C9H10Br2O2/c1-12-9(11,13-2)7-5-3-4-6-8(7)10/h3-6H,1-2H3. The monoisotopic (exact) mass is 308 g/mol. The van der Waals surface area contributed by atoms with Gasteiger partial charge in [-0.05, 0) is 22.0 Å². The molecule has 0 spiro atoms. The predicted octanol–water partition coefficient (Wildman–Crippen LogP) is 3.25. The van der Waals surface area contributed by atoms with E-state index in [0.717, 1.165) is 10.0 Å². The molecule has 0 radical (unpaired) electrons. The third-order valence-corrected chi connectivity index (χ3v) is 3.49. The van der Waals surface area contributed by atoms with Crippen molar-refractivity contribution >= 4 is 31.9 Å². The summed E-state index contributed by atoms with van der Waals surface area (Å²) in [7, 11) is 3.16. The van der Waals surface area contributed by atoms with Crippen LogP contribution in [0.2, 0.25) is 0 Å². The molecule has 1 rings (SSSR count). The van der Waals surface area contributed by atoms with E-state index >= 15 is 0 Å². The lowest BCUT2D eigenvalue weighted by Crippen LogP contribution is -2.23. The highest BCUT2D eigenvalue weighted by atomic mass is 79.9. The Morgan fingerprint density at radius 3 is 2.15 bits per heavy atom. The molecular formula is C9H10Br2O2. The summed E-state index contributed by atoms with van der Waals surface area (Å²) in [5, 5.41) is 0. The number of halogens is 2. The molecule has 0 aliphatic heterocycles. The number of rotatable bonds is 3. The SMILES string of the molecule is COC(Br)(OC)c1ccccc1Br. The van der Waals surface area contributed by atoms with Crippen molar-refractivity contribution in [2.75, 3.05) is 14.2 Å². The van der Waals surface area contributed by atoms with Crippen molar-refractivity contribution in [3.8, 4) is 0 Å². The first-order valence-electron chi connectivity index (χ1n) is 3.68. The maximum absolute atomic E-state index is 5.22. The zero-order valence-electron chi connectivity index (χ0n) is 7.38. The van der Waals surface area contributed by atoms with Gasteiger partial charge < -0.3 is 9.47 Å². The summed E-state index contributed by atoms with van der Waals surface area (Å²) in [6.07, 6.45) is 0. The van der Waals surface area contributed by atoms with Gasteiger partial charge in [0.15, 0.2) is 0 Å². The second-order valence-corrected chi connectivity index (χ2v) is 4.32. The Kier molecular flexibility index (Phi) is 3.91. The molecule has 72 valence electrons. The highest BCUT2D eigenvalue weighted by Gasteiger charge is 2.29. The molecule has 0 saturated heterocycles. The van der Waals surface area contributed by atoms with E-state index in [9.17, 15) is 0 Å². The Morgan fingerprint density at radius 2 is 1.69 bits per heavy atom. The van der Waals surface area contributed by atoms with Crippen molar-refractivity contribution < 1.29 is 9.47 Å². The van der Waals surface area contributed by atoms with Gasteiger partial charge in [-0.25, -0.2) is 0 Å². The smallest absolute Gasteiger partial charge is 0.254 e. The zero-order valence-corrected chi connectivity index (χ0v) is 10.6. The molecule has 4 heteroatoms. The van der Waals surface area contributed by atoms with Gasteiger partial charge in [0.25, 0.3) is 4.70 Å². The fourth-order valence-corrected chi connectivity index (χ4v) is 2.16. The second kappa shape index (κ2) is 4.55. The Balaban J connectivity index is 3.12. The number of hydrogen-bond acceptors (Lipinski definition) is 2. The molecule has 0 aliphatic carbocycles. The molecule has 0 N–H and O–H groups in total.